The number of hydrogen-bond donors (Lipinski definition) is 1. The van der Waals surface area contributed by atoms with E-state index in [1.54, 1.807) is 13.2 Å². The van der Waals surface area contributed by atoms with Crippen LogP contribution in [0, 0.1) is 5.41 Å². The first-order valence-electron chi connectivity index (χ1n) is 5.08. The van der Waals surface area contributed by atoms with Crippen LogP contribution in [0.1, 0.15) is 31.4 Å². The van der Waals surface area contributed by atoms with Crippen LogP contribution >= 0.6 is 11.6 Å². The maximum atomic E-state index is 10.1. The minimum absolute atomic E-state index is 0.0544. The van der Waals surface area contributed by atoms with Crippen LogP contribution in [-0.2, 0) is 0 Å². The predicted molar refractivity (Wildman–Crippen MR) is 60.3 cm³/mol. The zero-order valence-corrected chi connectivity index (χ0v) is 9.71. The standard InChI is InChI=1S/C12H15ClO2/c1-12(5-6-12)11(14)8-3-4-9(13)10(7-8)15-2/h3-4,7,11,14H,5-6H2,1-2H3. The van der Waals surface area contributed by atoms with Gasteiger partial charge in [-0.1, -0.05) is 24.6 Å². The van der Waals surface area contributed by atoms with Crippen molar-refractivity contribution in [2.45, 2.75) is 25.9 Å². The Balaban J connectivity index is 2.28. The van der Waals surface area contributed by atoms with Crippen LogP contribution in [0.3, 0.4) is 0 Å². The molecule has 2 nitrogen and oxygen atoms in total. The summed E-state index contributed by atoms with van der Waals surface area (Å²) in [5.41, 5.74) is 0.940. The normalized spacial score (nSPS) is 19.7. The van der Waals surface area contributed by atoms with E-state index in [0.717, 1.165) is 18.4 Å². The molecule has 1 aromatic carbocycles. The van der Waals surface area contributed by atoms with Gasteiger partial charge in [-0.25, -0.2) is 0 Å². The number of aliphatic hydroxyl groups is 1. The van der Waals surface area contributed by atoms with Crippen molar-refractivity contribution in [3.63, 3.8) is 0 Å². The summed E-state index contributed by atoms with van der Waals surface area (Å²) >= 11 is 5.92. The van der Waals surface area contributed by atoms with Crippen LogP contribution in [0.2, 0.25) is 5.02 Å². The maximum absolute atomic E-state index is 10.1. The number of ether oxygens (including phenoxy) is 1. The van der Waals surface area contributed by atoms with E-state index < -0.39 is 6.10 Å². The summed E-state index contributed by atoms with van der Waals surface area (Å²) in [5, 5.41) is 10.7. The van der Waals surface area contributed by atoms with Crippen LogP contribution in [0.5, 0.6) is 5.75 Å². The van der Waals surface area contributed by atoms with Gasteiger partial charge in [-0.3, -0.25) is 0 Å². The second-order valence-corrected chi connectivity index (χ2v) is 4.86. The highest BCUT2D eigenvalue weighted by Crippen LogP contribution is 2.54. The van der Waals surface area contributed by atoms with Crippen LogP contribution in [0.25, 0.3) is 0 Å². The monoisotopic (exact) mass is 226 g/mol. The van der Waals surface area contributed by atoms with E-state index in [9.17, 15) is 5.11 Å². The van der Waals surface area contributed by atoms with E-state index >= 15 is 0 Å². The Labute approximate surface area is 94.8 Å². The highest BCUT2D eigenvalue weighted by Gasteiger charge is 2.44. The molecule has 1 unspecified atom stereocenters. The Morgan fingerprint density at radius 3 is 2.67 bits per heavy atom. The summed E-state index contributed by atoms with van der Waals surface area (Å²) in [6, 6.07) is 5.44. The summed E-state index contributed by atoms with van der Waals surface area (Å²) in [4.78, 5) is 0. The molecule has 15 heavy (non-hydrogen) atoms. The molecule has 0 spiro atoms. The van der Waals surface area contributed by atoms with Gasteiger partial charge in [0.2, 0.25) is 0 Å². The number of methoxy groups -OCH3 is 1. The minimum Gasteiger partial charge on any atom is -0.495 e. The molecule has 0 radical (unpaired) electrons. The van der Waals surface area contributed by atoms with Crippen molar-refractivity contribution in [3.05, 3.63) is 28.8 Å². The smallest absolute Gasteiger partial charge is 0.137 e. The lowest BCUT2D eigenvalue weighted by molar-refractivity contribution is 0.103. The Morgan fingerprint density at radius 1 is 1.47 bits per heavy atom. The molecule has 82 valence electrons. The van der Waals surface area contributed by atoms with Gasteiger partial charge in [0.05, 0.1) is 18.2 Å². The lowest BCUT2D eigenvalue weighted by Gasteiger charge is -2.18. The van der Waals surface area contributed by atoms with E-state index in [-0.39, 0.29) is 5.41 Å². The molecule has 1 N–H and O–H groups in total. The summed E-state index contributed by atoms with van der Waals surface area (Å²) in [7, 11) is 1.58. The Bertz CT molecular complexity index is 372. The fraction of sp³-hybridized carbons (Fsp3) is 0.500. The number of aliphatic hydroxyl groups excluding tert-OH is 1. The van der Waals surface area contributed by atoms with E-state index in [0.29, 0.717) is 10.8 Å². The molecule has 0 aliphatic heterocycles. The molecule has 1 saturated carbocycles. The molecule has 1 fully saturated rings. The van der Waals surface area contributed by atoms with Gasteiger partial charge in [0.1, 0.15) is 5.75 Å². The zero-order valence-electron chi connectivity index (χ0n) is 8.96. The van der Waals surface area contributed by atoms with Crippen LogP contribution in [0.15, 0.2) is 18.2 Å². The zero-order chi connectivity index (χ0) is 11.1. The summed E-state index contributed by atoms with van der Waals surface area (Å²) in [6.45, 7) is 2.10. The van der Waals surface area contributed by atoms with Crippen molar-refractivity contribution >= 4 is 11.6 Å². The summed E-state index contributed by atoms with van der Waals surface area (Å²) < 4.78 is 5.13. The molecule has 1 aliphatic rings. The molecule has 1 aliphatic carbocycles. The molecule has 3 heteroatoms. The van der Waals surface area contributed by atoms with Gasteiger partial charge in [-0.2, -0.15) is 0 Å². The summed E-state index contributed by atoms with van der Waals surface area (Å²) in [5.74, 6) is 0.623. The number of rotatable bonds is 3. The van der Waals surface area contributed by atoms with Gasteiger partial charge >= 0.3 is 0 Å². The first kappa shape index (κ1) is 10.8. The highest BCUT2D eigenvalue weighted by atomic mass is 35.5. The van der Waals surface area contributed by atoms with Gasteiger partial charge in [0.25, 0.3) is 0 Å². The first-order chi connectivity index (χ1) is 7.07. The van der Waals surface area contributed by atoms with Gasteiger partial charge in [0, 0.05) is 0 Å². The Hall–Kier alpha value is -0.730. The third-order valence-electron chi connectivity index (χ3n) is 3.19. The number of hydrogen-bond acceptors (Lipinski definition) is 2. The lowest BCUT2D eigenvalue weighted by atomic mass is 9.95. The van der Waals surface area contributed by atoms with E-state index in [1.807, 2.05) is 12.1 Å². The maximum Gasteiger partial charge on any atom is 0.137 e. The highest BCUT2D eigenvalue weighted by molar-refractivity contribution is 6.32. The van der Waals surface area contributed by atoms with E-state index in [1.165, 1.54) is 0 Å². The molecule has 0 saturated heterocycles. The quantitative estimate of drug-likeness (QED) is 0.858. The van der Waals surface area contributed by atoms with Crippen molar-refractivity contribution < 1.29 is 9.84 Å². The summed E-state index contributed by atoms with van der Waals surface area (Å²) in [6.07, 6.45) is 1.75. The van der Waals surface area contributed by atoms with E-state index in [4.69, 9.17) is 16.3 Å². The molecule has 0 aromatic heterocycles. The first-order valence-corrected chi connectivity index (χ1v) is 5.46. The molecule has 2 rings (SSSR count). The molecule has 1 aromatic rings. The van der Waals surface area contributed by atoms with Gasteiger partial charge in [0.15, 0.2) is 0 Å². The Morgan fingerprint density at radius 2 is 2.13 bits per heavy atom. The molecule has 1 atom stereocenters. The van der Waals surface area contributed by atoms with Crippen LogP contribution in [-0.4, -0.2) is 12.2 Å². The molecular weight excluding hydrogens is 212 g/mol. The lowest BCUT2D eigenvalue weighted by Crippen LogP contribution is -2.09. The van der Waals surface area contributed by atoms with Crippen molar-refractivity contribution in [3.8, 4) is 5.75 Å². The Kier molecular flexibility index (Phi) is 2.65. The number of halogens is 1. The predicted octanol–water partition coefficient (Wildman–Crippen LogP) is 3.18. The molecule has 0 bridgehead atoms. The largest absolute Gasteiger partial charge is 0.495 e. The van der Waals surface area contributed by atoms with Crippen LogP contribution in [0.4, 0.5) is 0 Å². The average Bonchev–Trinajstić information content (AvgIpc) is 2.97. The molecule has 0 amide bonds. The fourth-order valence-electron chi connectivity index (χ4n) is 1.72. The topological polar surface area (TPSA) is 29.5 Å². The van der Waals surface area contributed by atoms with Crippen molar-refractivity contribution in [1.82, 2.24) is 0 Å². The van der Waals surface area contributed by atoms with Crippen molar-refractivity contribution in [2.75, 3.05) is 7.11 Å². The molecule has 0 heterocycles. The van der Waals surface area contributed by atoms with Gasteiger partial charge < -0.3 is 9.84 Å². The third kappa shape index (κ3) is 1.97. The molecular formula is C12H15ClO2. The van der Waals surface area contributed by atoms with Crippen LogP contribution < -0.4 is 4.74 Å². The second-order valence-electron chi connectivity index (χ2n) is 4.45. The van der Waals surface area contributed by atoms with E-state index in [2.05, 4.69) is 6.92 Å². The fourth-order valence-corrected chi connectivity index (χ4v) is 1.91. The third-order valence-corrected chi connectivity index (χ3v) is 3.50. The van der Waals surface area contributed by atoms with Crippen molar-refractivity contribution in [1.29, 1.82) is 0 Å². The van der Waals surface area contributed by atoms with Gasteiger partial charge in [-0.15, -0.1) is 0 Å². The van der Waals surface area contributed by atoms with Gasteiger partial charge in [-0.05, 0) is 36.0 Å². The second kappa shape index (κ2) is 3.69. The SMILES string of the molecule is COc1cc(C(O)C2(C)CC2)ccc1Cl. The van der Waals surface area contributed by atoms with Crippen molar-refractivity contribution in [2.24, 2.45) is 5.41 Å². The average molecular weight is 227 g/mol. The number of benzene rings is 1. The minimum atomic E-state index is -0.413.